The summed E-state index contributed by atoms with van der Waals surface area (Å²) in [5.74, 6) is -0.129. The highest BCUT2D eigenvalue weighted by atomic mass is 16.5. The topological polar surface area (TPSA) is 91.0 Å². The summed E-state index contributed by atoms with van der Waals surface area (Å²) in [4.78, 5) is 40.4. The maximum atomic E-state index is 12.6. The molecule has 2 aliphatic heterocycles. The van der Waals surface area contributed by atoms with E-state index in [-0.39, 0.29) is 30.1 Å². The Labute approximate surface area is 167 Å². The lowest BCUT2D eigenvalue weighted by Gasteiger charge is -2.35. The van der Waals surface area contributed by atoms with Crippen molar-refractivity contribution in [3.8, 4) is 0 Å². The Morgan fingerprint density at radius 1 is 1.14 bits per heavy atom. The van der Waals surface area contributed by atoms with Gasteiger partial charge in [-0.1, -0.05) is 12.8 Å². The molecule has 3 aliphatic rings. The van der Waals surface area contributed by atoms with Gasteiger partial charge in [0, 0.05) is 39.1 Å². The van der Waals surface area contributed by atoms with Crippen molar-refractivity contribution in [3.05, 3.63) is 0 Å². The normalized spacial score (nSPS) is 27.4. The zero-order chi connectivity index (χ0) is 20.1. The van der Waals surface area contributed by atoms with E-state index in [0.717, 1.165) is 51.7 Å². The van der Waals surface area contributed by atoms with Crippen LogP contribution in [0.5, 0.6) is 0 Å². The molecule has 3 rings (SSSR count). The Bertz CT molecular complexity index is 581. The number of amides is 4. The summed E-state index contributed by atoms with van der Waals surface area (Å²) in [6, 6.07) is -0.304. The van der Waals surface area contributed by atoms with Crippen LogP contribution < -0.4 is 10.6 Å². The van der Waals surface area contributed by atoms with Gasteiger partial charge in [0.25, 0.3) is 5.91 Å². The Balaban J connectivity index is 1.29. The van der Waals surface area contributed by atoms with Gasteiger partial charge in [0.05, 0.1) is 12.2 Å². The number of urea groups is 1. The van der Waals surface area contributed by atoms with Crippen molar-refractivity contribution in [1.29, 1.82) is 0 Å². The van der Waals surface area contributed by atoms with E-state index in [4.69, 9.17) is 4.74 Å². The van der Waals surface area contributed by atoms with Crippen LogP contribution in [0.25, 0.3) is 0 Å². The van der Waals surface area contributed by atoms with Crippen LogP contribution in [0, 0.1) is 0 Å². The highest BCUT2D eigenvalue weighted by Crippen LogP contribution is 2.35. The Hall–Kier alpha value is -1.67. The van der Waals surface area contributed by atoms with Gasteiger partial charge in [-0.15, -0.1) is 0 Å². The lowest BCUT2D eigenvalue weighted by molar-refractivity contribution is -0.131. The Morgan fingerprint density at radius 2 is 1.82 bits per heavy atom. The lowest BCUT2D eigenvalue weighted by atomic mass is 9.98. The number of carbonyl (C=O) groups excluding carboxylic acids is 3. The lowest BCUT2D eigenvalue weighted by Crippen LogP contribution is -2.46. The summed E-state index contributed by atoms with van der Waals surface area (Å²) in [5, 5.41) is 5.81. The van der Waals surface area contributed by atoms with Gasteiger partial charge in [-0.2, -0.15) is 0 Å². The summed E-state index contributed by atoms with van der Waals surface area (Å²) in [5.41, 5.74) is -0.659. The van der Waals surface area contributed by atoms with Crippen LogP contribution in [0.4, 0.5) is 4.79 Å². The maximum absolute atomic E-state index is 12.6. The highest BCUT2D eigenvalue weighted by Gasteiger charge is 2.52. The molecule has 2 heterocycles. The molecule has 0 aromatic carbocycles. The number of rotatable bonds is 8. The molecule has 28 heavy (non-hydrogen) atoms. The van der Waals surface area contributed by atoms with E-state index >= 15 is 0 Å². The molecule has 0 aromatic heterocycles. The van der Waals surface area contributed by atoms with Crippen LogP contribution in [-0.4, -0.2) is 78.1 Å². The molecule has 1 saturated carbocycles. The minimum Gasteiger partial charge on any atom is -0.373 e. The van der Waals surface area contributed by atoms with E-state index in [1.165, 1.54) is 4.90 Å². The molecule has 0 bridgehead atoms. The summed E-state index contributed by atoms with van der Waals surface area (Å²) >= 11 is 0. The number of nitrogens with zero attached hydrogens (tertiary/aromatic N) is 2. The third-order valence-electron chi connectivity index (χ3n) is 5.96. The molecule has 8 nitrogen and oxygen atoms in total. The van der Waals surface area contributed by atoms with Crippen LogP contribution in [0.3, 0.4) is 0 Å². The third-order valence-corrected chi connectivity index (χ3v) is 5.96. The van der Waals surface area contributed by atoms with Gasteiger partial charge in [-0.3, -0.25) is 19.4 Å². The summed E-state index contributed by atoms with van der Waals surface area (Å²) in [6.07, 6.45) is 5.66. The zero-order valence-corrected chi connectivity index (χ0v) is 17.2. The van der Waals surface area contributed by atoms with Crippen molar-refractivity contribution >= 4 is 17.8 Å². The molecule has 3 fully saturated rings. The molecule has 158 valence electrons. The van der Waals surface area contributed by atoms with Crippen molar-refractivity contribution in [2.75, 3.05) is 32.7 Å². The number of carbonyl (C=O) groups is 3. The minimum absolute atomic E-state index is 0.0219. The fourth-order valence-corrected chi connectivity index (χ4v) is 4.68. The summed E-state index contributed by atoms with van der Waals surface area (Å²) in [6.45, 7) is 7.95. The van der Waals surface area contributed by atoms with E-state index in [9.17, 15) is 14.4 Å². The average molecular weight is 395 g/mol. The average Bonchev–Trinajstić information content (AvgIpc) is 3.18. The van der Waals surface area contributed by atoms with Crippen LogP contribution in [0.2, 0.25) is 0 Å². The van der Waals surface area contributed by atoms with Crippen molar-refractivity contribution < 1.29 is 19.1 Å². The number of nitrogens with one attached hydrogen (secondary N) is 2. The minimum atomic E-state index is -0.659. The molecule has 2 atom stereocenters. The fraction of sp³-hybridized carbons (Fsp3) is 0.850. The SMILES string of the molecule is CC1CN(CCCNC(=O)CCCN2C(=O)NC3(CCCC3)C2=O)CC(C)O1. The number of ether oxygens (including phenoxy) is 1. The molecule has 0 aromatic rings. The first-order valence-corrected chi connectivity index (χ1v) is 10.7. The van der Waals surface area contributed by atoms with Gasteiger partial charge < -0.3 is 15.4 Å². The monoisotopic (exact) mass is 394 g/mol. The summed E-state index contributed by atoms with van der Waals surface area (Å²) < 4.78 is 5.73. The van der Waals surface area contributed by atoms with E-state index < -0.39 is 5.54 Å². The molecular weight excluding hydrogens is 360 g/mol. The smallest absolute Gasteiger partial charge is 0.325 e. The second-order valence-corrected chi connectivity index (χ2v) is 8.50. The molecule has 2 saturated heterocycles. The number of hydrogen-bond donors (Lipinski definition) is 2. The molecule has 1 aliphatic carbocycles. The van der Waals surface area contributed by atoms with Gasteiger partial charge in [0.15, 0.2) is 0 Å². The number of imide groups is 1. The van der Waals surface area contributed by atoms with Crippen molar-refractivity contribution in [2.45, 2.75) is 76.5 Å². The van der Waals surface area contributed by atoms with Crippen LogP contribution in [0.15, 0.2) is 0 Å². The van der Waals surface area contributed by atoms with Gasteiger partial charge >= 0.3 is 6.03 Å². The van der Waals surface area contributed by atoms with E-state index in [2.05, 4.69) is 29.4 Å². The molecule has 4 amide bonds. The van der Waals surface area contributed by atoms with Crippen molar-refractivity contribution in [2.24, 2.45) is 0 Å². The third kappa shape index (κ3) is 5.03. The van der Waals surface area contributed by atoms with Gasteiger partial charge in [0.1, 0.15) is 5.54 Å². The fourth-order valence-electron chi connectivity index (χ4n) is 4.68. The molecule has 2 N–H and O–H groups in total. The maximum Gasteiger partial charge on any atom is 0.325 e. The second kappa shape index (κ2) is 9.22. The van der Waals surface area contributed by atoms with E-state index in [0.29, 0.717) is 25.9 Å². The quantitative estimate of drug-likeness (QED) is 0.478. The van der Waals surface area contributed by atoms with E-state index in [1.54, 1.807) is 0 Å². The first kappa shape index (κ1) is 21.0. The Kier molecular flexibility index (Phi) is 6.93. The number of morpholine rings is 1. The van der Waals surface area contributed by atoms with Gasteiger partial charge in [0.2, 0.25) is 5.91 Å². The predicted octanol–water partition coefficient (Wildman–Crippen LogP) is 1.25. The van der Waals surface area contributed by atoms with Crippen molar-refractivity contribution in [1.82, 2.24) is 20.4 Å². The molecule has 1 spiro atoms. The van der Waals surface area contributed by atoms with E-state index in [1.807, 2.05) is 0 Å². The predicted molar refractivity (Wildman–Crippen MR) is 105 cm³/mol. The molecule has 0 radical (unpaired) electrons. The highest BCUT2D eigenvalue weighted by molar-refractivity contribution is 6.07. The zero-order valence-electron chi connectivity index (χ0n) is 17.2. The van der Waals surface area contributed by atoms with Crippen LogP contribution in [0.1, 0.15) is 58.8 Å². The first-order valence-electron chi connectivity index (χ1n) is 10.7. The Morgan fingerprint density at radius 3 is 2.50 bits per heavy atom. The molecule has 8 heteroatoms. The largest absolute Gasteiger partial charge is 0.373 e. The first-order chi connectivity index (χ1) is 13.4. The number of hydrogen-bond acceptors (Lipinski definition) is 5. The van der Waals surface area contributed by atoms with Crippen LogP contribution in [-0.2, 0) is 14.3 Å². The molecule has 2 unspecified atom stereocenters. The second-order valence-electron chi connectivity index (χ2n) is 8.50. The molecular formula is C20H34N4O4. The van der Waals surface area contributed by atoms with Crippen molar-refractivity contribution in [3.63, 3.8) is 0 Å². The van der Waals surface area contributed by atoms with Crippen LogP contribution >= 0.6 is 0 Å². The van der Waals surface area contributed by atoms with Gasteiger partial charge in [-0.25, -0.2) is 4.79 Å². The van der Waals surface area contributed by atoms with Gasteiger partial charge in [-0.05, 0) is 39.5 Å². The summed E-state index contributed by atoms with van der Waals surface area (Å²) in [7, 11) is 0. The standard InChI is InChI=1S/C20H34N4O4/c1-15-13-23(14-16(2)28-15)11-6-10-21-17(25)7-5-12-24-18(26)20(22-19(24)27)8-3-4-9-20/h15-16H,3-14H2,1-2H3,(H,21,25)(H,22,27).